The van der Waals surface area contributed by atoms with Crippen LogP contribution in [0.25, 0.3) is 0 Å². The Morgan fingerprint density at radius 2 is 2.31 bits per heavy atom. The van der Waals surface area contributed by atoms with E-state index in [1.54, 1.807) is 25.1 Å². The number of ether oxygens (including phenoxy) is 2. The molecule has 1 rings (SSSR count). The average molecular weight is 242 g/mol. The maximum absolute atomic E-state index is 10.9. The molecule has 0 unspecified atom stereocenters. The second kappa shape index (κ2) is 6.02. The van der Waals surface area contributed by atoms with Gasteiger partial charge in [0.25, 0.3) is 0 Å². The lowest BCUT2D eigenvalue weighted by atomic mass is 10.3. The third-order valence-electron chi connectivity index (χ3n) is 1.66. The van der Waals surface area contributed by atoms with E-state index in [1.165, 1.54) is 12.3 Å². The number of nitrogens with two attached hydrogens (primary N) is 1. The zero-order valence-electron chi connectivity index (χ0n) is 8.77. The van der Waals surface area contributed by atoms with Crippen molar-refractivity contribution < 1.29 is 14.3 Å². The van der Waals surface area contributed by atoms with Gasteiger partial charge >= 0.3 is 5.97 Å². The van der Waals surface area contributed by atoms with E-state index in [9.17, 15) is 4.79 Å². The molecule has 0 aliphatic carbocycles. The van der Waals surface area contributed by atoms with Crippen molar-refractivity contribution in [2.75, 3.05) is 12.3 Å². The third-order valence-corrected chi connectivity index (χ3v) is 1.90. The molecule has 1 aromatic rings. The van der Waals surface area contributed by atoms with Crippen LogP contribution in [0.15, 0.2) is 30.5 Å². The molecule has 0 spiro atoms. The highest BCUT2D eigenvalue weighted by atomic mass is 35.5. The summed E-state index contributed by atoms with van der Waals surface area (Å²) in [6.45, 7) is 2.05. The van der Waals surface area contributed by atoms with Crippen LogP contribution < -0.4 is 10.5 Å². The minimum absolute atomic E-state index is 0.322. The van der Waals surface area contributed by atoms with Crippen LogP contribution in [0.5, 0.6) is 5.75 Å². The monoisotopic (exact) mass is 241 g/mol. The highest BCUT2D eigenvalue weighted by molar-refractivity contribution is 6.30. The molecule has 2 N–H and O–H groups in total. The molecule has 0 saturated carbocycles. The van der Waals surface area contributed by atoms with Crippen LogP contribution in [0.4, 0.5) is 5.69 Å². The van der Waals surface area contributed by atoms with Gasteiger partial charge in [-0.05, 0) is 19.1 Å². The van der Waals surface area contributed by atoms with Crippen LogP contribution >= 0.6 is 11.6 Å². The first-order chi connectivity index (χ1) is 7.63. The van der Waals surface area contributed by atoms with Gasteiger partial charge in [0.05, 0.1) is 24.6 Å². The Labute approximate surface area is 98.6 Å². The lowest BCUT2D eigenvalue weighted by Gasteiger charge is -2.04. The van der Waals surface area contributed by atoms with Crippen LogP contribution in [0.2, 0.25) is 5.02 Å². The maximum atomic E-state index is 10.9. The number of hydrogen-bond donors (Lipinski definition) is 1. The molecule has 0 saturated heterocycles. The van der Waals surface area contributed by atoms with E-state index in [-0.39, 0.29) is 0 Å². The summed E-state index contributed by atoms with van der Waals surface area (Å²) in [5, 5.41) is 0.508. The fourth-order valence-corrected chi connectivity index (χ4v) is 1.13. The standard InChI is InChI=1S/C11H12ClNO3/c1-2-15-11(14)5-6-16-10-7-8(12)3-4-9(10)13/h3-7H,2,13H2,1H3/b6-5+. The molecule has 0 amide bonds. The molecule has 86 valence electrons. The van der Waals surface area contributed by atoms with Gasteiger partial charge in [-0.2, -0.15) is 0 Å². The minimum atomic E-state index is -0.469. The predicted octanol–water partition coefficient (Wildman–Crippen LogP) is 2.38. The summed E-state index contributed by atoms with van der Waals surface area (Å²) >= 11 is 5.76. The summed E-state index contributed by atoms with van der Waals surface area (Å²) in [5.74, 6) is -0.0730. The number of benzene rings is 1. The number of carbonyl (C=O) groups excluding carboxylic acids is 1. The van der Waals surface area contributed by atoms with Gasteiger partial charge in [0.15, 0.2) is 5.75 Å². The van der Waals surface area contributed by atoms with Crippen molar-refractivity contribution in [1.82, 2.24) is 0 Å². The maximum Gasteiger partial charge on any atom is 0.333 e. The van der Waals surface area contributed by atoms with Crippen LogP contribution in [-0.2, 0) is 9.53 Å². The van der Waals surface area contributed by atoms with Gasteiger partial charge < -0.3 is 15.2 Å². The van der Waals surface area contributed by atoms with E-state index in [1.807, 2.05) is 0 Å². The van der Waals surface area contributed by atoms with Crippen LogP contribution in [0.3, 0.4) is 0 Å². The van der Waals surface area contributed by atoms with Crippen molar-refractivity contribution in [3.05, 3.63) is 35.6 Å². The molecule has 0 aromatic heterocycles. The largest absolute Gasteiger partial charge is 0.463 e. The fraction of sp³-hybridized carbons (Fsp3) is 0.182. The molecule has 0 heterocycles. The number of anilines is 1. The zero-order valence-corrected chi connectivity index (χ0v) is 9.53. The fourth-order valence-electron chi connectivity index (χ4n) is 0.964. The van der Waals surface area contributed by atoms with Crippen LogP contribution in [-0.4, -0.2) is 12.6 Å². The van der Waals surface area contributed by atoms with Gasteiger partial charge in [0, 0.05) is 11.1 Å². The second-order valence-corrected chi connectivity index (χ2v) is 3.29. The number of hydrogen-bond acceptors (Lipinski definition) is 4. The summed E-state index contributed by atoms with van der Waals surface area (Å²) in [6.07, 6.45) is 2.38. The van der Waals surface area contributed by atoms with E-state index in [0.29, 0.717) is 23.1 Å². The molecular formula is C11H12ClNO3. The van der Waals surface area contributed by atoms with E-state index < -0.39 is 5.97 Å². The Morgan fingerprint density at radius 3 is 3.00 bits per heavy atom. The van der Waals surface area contributed by atoms with Crippen molar-refractivity contribution in [2.24, 2.45) is 0 Å². The summed E-state index contributed by atoms with van der Waals surface area (Å²) in [7, 11) is 0. The Hall–Kier alpha value is -1.68. The van der Waals surface area contributed by atoms with Crippen molar-refractivity contribution in [1.29, 1.82) is 0 Å². The normalized spacial score (nSPS) is 10.4. The topological polar surface area (TPSA) is 61.5 Å². The van der Waals surface area contributed by atoms with E-state index in [0.717, 1.165) is 0 Å². The van der Waals surface area contributed by atoms with Crippen molar-refractivity contribution in [3.8, 4) is 5.75 Å². The van der Waals surface area contributed by atoms with Crippen molar-refractivity contribution in [3.63, 3.8) is 0 Å². The second-order valence-electron chi connectivity index (χ2n) is 2.85. The van der Waals surface area contributed by atoms with Gasteiger partial charge in [0.1, 0.15) is 0 Å². The summed E-state index contributed by atoms with van der Waals surface area (Å²) in [4.78, 5) is 10.9. The molecule has 0 atom stereocenters. The summed E-state index contributed by atoms with van der Waals surface area (Å²) in [6, 6.07) is 4.83. The summed E-state index contributed by atoms with van der Waals surface area (Å²) < 4.78 is 9.81. The number of halogens is 1. The first-order valence-electron chi connectivity index (χ1n) is 4.68. The number of rotatable bonds is 4. The highest BCUT2D eigenvalue weighted by Crippen LogP contribution is 2.25. The lowest BCUT2D eigenvalue weighted by Crippen LogP contribution is -2.00. The third kappa shape index (κ3) is 3.82. The molecule has 1 aromatic carbocycles. The predicted molar refractivity (Wildman–Crippen MR) is 62.3 cm³/mol. The zero-order chi connectivity index (χ0) is 12.0. The number of carbonyl (C=O) groups is 1. The average Bonchev–Trinajstić information content (AvgIpc) is 2.23. The number of esters is 1. The van der Waals surface area contributed by atoms with Gasteiger partial charge in [-0.15, -0.1) is 0 Å². The van der Waals surface area contributed by atoms with Gasteiger partial charge in [-0.1, -0.05) is 11.6 Å². The van der Waals surface area contributed by atoms with Crippen molar-refractivity contribution in [2.45, 2.75) is 6.92 Å². The van der Waals surface area contributed by atoms with Gasteiger partial charge in [-0.3, -0.25) is 0 Å². The molecule has 0 aliphatic heterocycles. The van der Waals surface area contributed by atoms with Crippen molar-refractivity contribution >= 4 is 23.3 Å². The highest BCUT2D eigenvalue weighted by Gasteiger charge is 2.00. The molecule has 5 heteroatoms. The first kappa shape index (κ1) is 12.4. The molecular weight excluding hydrogens is 230 g/mol. The lowest BCUT2D eigenvalue weighted by molar-refractivity contribution is -0.137. The Morgan fingerprint density at radius 1 is 1.56 bits per heavy atom. The van der Waals surface area contributed by atoms with Gasteiger partial charge in [0.2, 0.25) is 0 Å². The molecule has 0 bridgehead atoms. The smallest absolute Gasteiger partial charge is 0.333 e. The van der Waals surface area contributed by atoms with E-state index in [2.05, 4.69) is 4.74 Å². The van der Waals surface area contributed by atoms with E-state index in [4.69, 9.17) is 22.1 Å². The molecule has 0 radical (unpaired) electrons. The Bertz CT molecular complexity index is 404. The quantitative estimate of drug-likeness (QED) is 0.381. The SMILES string of the molecule is CCOC(=O)/C=C/Oc1cc(Cl)ccc1N. The molecule has 0 fully saturated rings. The molecule has 4 nitrogen and oxygen atoms in total. The van der Waals surface area contributed by atoms with Crippen LogP contribution in [0, 0.1) is 0 Å². The summed E-state index contributed by atoms with van der Waals surface area (Å²) in [5.41, 5.74) is 6.07. The Balaban J connectivity index is 2.60. The first-order valence-corrected chi connectivity index (χ1v) is 5.06. The van der Waals surface area contributed by atoms with E-state index >= 15 is 0 Å². The van der Waals surface area contributed by atoms with Gasteiger partial charge in [-0.25, -0.2) is 4.79 Å². The minimum Gasteiger partial charge on any atom is -0.463 e. The number of nitrogen functional groups attached to an aromatic ring is 1. The van der Waals surface area contributed by atoms with Crippen LogP contribution in [0.1, 0.15) is 6.92 Å². The molecule has 16 heavy (non-hydrogen) atoms. The molecule has 0 aliphatic rings. The Kier molecular flexibility index (Phi) is 4.66.